The Hall–Kier alpha value is -0.570. The van der Waals surface area contributed by atoms with Gasteiger partial charge in [0.2, 0.25) is 0 Å². The maximum atomic E-state index is 6.18. The molecule has 3 N–H and O–H groups in total. The van der Waals surface area contributed by atoms with Crippen LogP contribution in [0.4, 0.5) is 0 Å². The average molecular weight is 211 g/mol. The third-order valence-corrected chi connectivity index (χ3v) is 3.31. The maximum Gasteiger partial charge on any atom is 0.0473 e. The minimum Gasteiger partial charge on any atom is -0.330 e. The Morgan fingerprint density at radius 3 is 2.64 bits per heavy atom. The summed E-state index contributed by atoms with van der Waals surface area (Å²) in [6, 6.07) is 8.01. The number of rotatable bonds is 3. The predicted octanol–water partition coefficient (Wildman–Crippen LogP) is 1.88. The van der Waals surface area contributed by atoms with Gasteiger partial charge in [0.05, 0.1) is 0 Å². The molecule has 1 aromatic rings. The molecular weight excluding hydrogens is 196 g/mol. The summed E-state index contributed by atoms with van der Waals surface area (Å²) >= 11 is 6.18. The predicted molar refractivity (Wildman–Crippen MR) is 59.4 cm³/mol. The molecule has 0 radical (unpaired) electrons. The molecule has 0 bridgehead atoms. The molecule has 1 aliphatic heterocycles. The van der Waals surface area contributed by atoms with Crippen LogP contribution in [0.25, 0.3) is 0 Å². The first-order valence-electron chi connectivity index (χ1n) is 4.99. The van der Waals surface area contributed by atoms with Gasteiger partial charge in [0, 0.05) is 10.6 Å². The average Bonchev–Trinajstić information content (AvgIpc) is 2.13. The van der Waals surface area contributed by atoms with E-state index in [0.29, 0.717) is 6.54 Å². The van der Waals surface area contributed by atoms with E-state index in [1.54, 1.807) is 0 Å². The SMILES string of the molecule is NCCC1(c2ccccc2Cl)CCN1. The first-order valence-corrected chi connectivity index (χ1v) is 5.36. The van der Waals surface area contributed by atoms with Crippen molar-refractivity contribution < 1.29 is 0 Å². The van der Waals surface area contributed by atoms with Crippen LogP contribution in [0.5, 0.6) is 0 Å². The molecule has 1 saturated heterocycles. The van der Waals surface area contributed by atoms with E-state index in [9.17, 15) is 0 Å². The van der Waals surface area contributed by atoms with Gasteiger partial charge in [-0.25, -0.2) is 0 Å². The van der Waals surface area contributed by atoms with E-state index in [1.165, 1.54) is 5.56 Å². The maximum absolute atomic E-state index is 6.18. The lowest BCUT2D eigenvalue weighted by Crippen LogP contribution is -2.55. The van der Waals surface area contributed by atoms with Crippen LogP contribution in [-0.2, 0) is 5.54 Å². The summed E-state index contributed by atoms with van der Waals surface area (Å²) in [6.45, 7) is 1.75. The molecule has 0 amide bonds. The van der Waals surface area contributed by atoms with Crippen molar-refractivity contribution in [2.75, 3.05) is 13.1 Å². The van der Waals surface area contributed by atoms with Gasteiger partial charge in [-0.15, -0.1) is 0 Å². The molecule has 1 unspecified atom stereocenters. The van der Waals surface area contributed by atoms with Crippen LogP contribution >= 0.6 is 11.6 Å². The zero-order chi connectivity index (χ0) is 10.0. The zero-order valence-corrected chi connectivity index (χ0v) is 8.85. The van der Waals surface area contributed by atoms with Crippen LogP contribution in [0, 0.1) is 0 Å². The Morgan fingerprint density at radius 2 is 2.14 bits per heavy atom. The molecule has 0 saturated carbocycles. The highest BCUT2D eigenvalue weighted by Crippen LogP contribution is 2.37. The van der Waals surface area contributed by atoms with Crippen LogP contribution in [-0.4, -0.2) is 13.1 Å². The van der Waals surface area contributed by atoms with Crippen molar-refractivity contribution in [2.24, 2.45) is 5.73 Å². The van der Waals surface area contributed by atoms with Gasteiger partial charge in [-0.2, -0.15) is 0 Å². The van der Waals surface area contributed by atoms with E-state index < -0.39 is 0 Å². The van der Waals surface area contributed by atoms with Crippen molar-refractivity contribution >= 4 is 11.6 Å². The van der Waals surface area contributed by atoms with E-state index >= 15 is 0 Å². The highest BCUT2D eigenvalue weighted by molar-refractivity contribution is 6.31. The molecule has 0 spiro atoms. The van der Waals surface area contributed by atoms with Crippen LogP contribution < -0.4 is 11.1 Å². The summed E-state index contributed by atoms with van der Waals surface area (Å²) < 4.78 is 0. The van der Waals surface area contributed by atoms with Crippen LogP contribution in [0.15, 0.2) is 24.3 Å². The van der Waals surface area contributed by atoms with Gasteiger partial charge in [0.15, 0.2) is 0 Å². The summed E-state index contributed by atoms with van der Waals surface area (Å²) in [5, 5.41) is 4.29. The molecule has 76 valence electrons. The van der Waals surface area contributed by atoms with Gasteiger partial charge >= 0.3 is 0 Å². The summed E-state index contributed by atoms with van der Waals surface area (Å²) in [5.74, 6) is 0. The molecule has 0 aromatic heterocycles. The van der Waals surface area contributed by atoms with Crippen molar-refractivity contribution in [1.29, 1.82) is 0 Å². The second-order valence-electron chi connectivity index (χ2n) is 3.78. The summed E-state index contributed by atoms with van der Waals surface area (Å²) in [6.07, 6.45) is 2.09. The monoisotopic (exact) mass is 210 g/mol. The largest absolute Gasteiger partial charge is 0.330 e. The standard InChI is InChI=1S/C11H15ClN2/c12-10-4-2-1-3-9(10)11(5-7-13)6-8-14-11/h1-4,14H,5-8,13H2. The fraction of sp³-hybridized carbons (Fsp3) is 0.455. The lowest BCUT2D eigenvalue weighted by atomic mass is 9.78. The van der Waals surface area contributed by atoms with Crippen molar-refractivity contribution in [1.82, 2.24) is 5.32 Å². The second kappa shape index (κ2) is 3.89. The fourth-order valence-corrected chi connectivity index (χ4v) is 2.42. The van der Waals surface area contributed by atoms with E-state index in [-0.39, 0.29) is 5.54 Å². The van der Waals surface area contributed by atoms with Gasteiger partial charge in [0.1, 0.15) is 0 Å². The second-order valence-corrected chi connectivity index (χ2v) is 4.18. The molecule has 14 heavy (non-hydrogen) atoms. The highest BCUT2D eigenvalue weighted by Gasteiger charge is 2.38. The summed E-state index contributed by atoms with van der Waals surface area (Å²) in [4.78, 5) is 0. The Kier molecular flexibility index (Phi) is 2.77. The minimum atomic E-state index is 0.0487. The number of hydrogen-bond donors (Lipinski definition) is 2. The molecule has 1 aromatic carbocycles. The van der Waals surface area contributed by atoms with Crippen LogP contribution in [0.2, 0.25) is 5.02 Å². The topological polar surface area (TPSA) is 38.0 Å². The van der Waals surface area contributed by atoms with Crippen molar-refractivity contribution in [3.05, 3.63) is 34.9 Å². The number of nitrogens with two attached hydrogens (primary N) is 1. The number of hydrogen-bond acceptors (Lipinski definition) is 2. The van der Waals surface area contributed by atoms with Crippen LogP contribution in [0.3, 0.4) is 0 Å². The minimum absolute atomic E-state index is 0.0487. The third-order valence-electron chi connectivity index (χ3n) is 2.98. The van der Waals surface area contributed by atoms with Crippen LogP contribution in [0.1, 0.15) is 18.4 Å². The molecule has 2 rings (SSSR count). The fourth-order valence-electron chi connectivity index (χ4n) is 2.10. The van der Waals surface area contributed by atoms with E-state index in [2.05, 4.69) is 11.4 Å². The molecule has 1 aliphatic rings. The van der Waals surface area contributed by atoms with Crippen molar-refractivity contribution in [3.8, 4) is 0 Å². The smallest absolute Gasteiger partial charge is 0.0473 e. The zero-order valence-electron chi connectivity index (χ0n) is 8.09. The Balaban J connectivity index is 2.32. The lowest BCUT2D eigenvalue weighted by molar-refractivity contribution is 0.197. The van der Waals surface area contributed by atoms with E-state index in [4.69, 9.17) is 17.3 Å². The number of nitrogens with one attached hydrogen (secondary N) is 1. The highest BCUT2D eigenvalue weighted by atomic mass is 35.5. The van der Waals surface area contributed by atoms with E-state index in [0.717, 1.165) is 24.4 Å². The molecule has 1 fully saturated rings. The Morgan fingerprint density at radius 1 is 1.43 bits per heavy atom. The first-order chi connectivity index (χ1) is 6.78. The lowest BCUT2D eigenvalue weighted by Gasteiger charge is -2.44. The molecular formula is C11H15ClN2. The Labute approximate surface area is 89.4 Å². The third kappa shape index (κ3) is 1.54. The van der Waals surface area contributed by atoms with Crippen molar-refractivity contribution in [3.63, 3.8) is 0 Å². The van der Waals surface area contributed by atoms with Gasteiger partial charge in [-0.05, 0) is 37.6 Å². The molecule has 3 heteroatoms. The summed E-state index contributed by atoms with van der Waals surface area (Å²) in [5.41, 5.74) is 6.87. The Bertz CT molecular complexity index is 321. The van der Waals surface area contributed by atoms with Gasteiger partial charge in [-0.1, -0.05) is 29.8 Å². The van der Waals surface area contributed by atoms with Gasteiger partial charge in [0.25, 0.3) is 0 Å². The molecule has 0 aliphatic carbocycles. The van der Waals surface area contributed by atoms with E-state index in [1.807, 2.05) is 18.2 Å². The van der Waals surface area contributed by atoms with Gasteiger partial charge < -0.3 is 11.1 Å². The van der Waals surface area contributed by atoms with Gasteiger partial charge in [-0.3, -0.25) is 0 Å². The normalized spacial score (nSPS) is 25.9. The quantitative estimate of drug-likeness (QED) is 0.800. The number of halogens is 1. The molecule has 1 atom stereocenters. The van der Waals surface area contributed by atoms with Crippen molar-refractivity contribution in [2.45, 2.75) is 18.4 Å². The summed E-state index contributed by atoms with van der Waals surface area (Å²) in [7, 11) is 0. The molecule has 1 heterocycles. The first kappa shape index (κ1) is 9.97. The molecule has 2 nitrogen and oxygen atoms in total. The number of benzene rings is 1.